The summed E-state index contributed by atoms with van der Waals surface area (Å²) in [5.74, 6) is 1.13. The lowest BCUT2D eigenvalue weighted by molar-refractivity contribution is -0.132. The molecule has 1 saturated heterocycles. The lowest BCUT2D eigenvalue weighted by Crippen LogP contribution is -2.43. The first-order chi connectivity index (χ1) is 8.76. The third-order valence-corrected chi connectivity index (χ3v) is 4.90. The molecule has 110 valence electrons. The van der Waals surface area contributed by atoms with Gasteiger partial charge < -0.3 is 9.64 Å². The quantitative estimate of drug-likeness (QED) is 0.767. The molecule has 0 aromatic heterocycles. The monoisotopic (exact) mass is 267 g/mol. The Balaban J connectivity index is 2.01. The largest absolute Gasteiger partial charge is 0.361 e. The van der Waals surface area contributed by atoms with E-state index in [-0.39, 0.29) is 17.3 Å². The van der Waals surface area contributed by atoms with Crippen LogP contribution in [-0.4, -0.2) is 41.5 Å². The lowest BCUT2D eigenvalue weighted by atomic mass is 9.83. The molecule has 3 nitrogen and oxygen atoms in total. The summed E-state index contributed by atoms with van der Waals surface area (Å²) >= 11 is 0. The van der Waals surface area contributed by atoms with Crippen LogP contribution in [0.5, 0.6) is 0 Å². The molecule has 0 N–H and O–H groups in total. The van der Waals surface area contributed by atoms with E-state index in [9.17, 15) is 4.79 Å². The molecule has 0 radical (unpaired) electrons. The molecule has 1 aliphatic heterocycles. The van der Waals surface area contributed by atoms with Crippen LogP contribution in [0.2, 0.25) is 0 Å². The lowest BCUT2D eigenvalue weighted by Gasteiger charge is -2.35. The molecular formula is C16H29NO2. The van der Waals surface area contributed by atoms with Crippen LogP contribution in [0.15, 0.2) is 0 Å². The van der Waals surface area contributed by atoms with Gasteiger partial charge in [-0.05, 0) is 53.0 Å². The summed E-state index contributed by atoms with van der Waals surface area (Å²) in [5.41, 5.74) is -0.961. The van der Waals surface area contributed by atoms with Gasteiger partial charge in [-0.3, -0.25) is 4.79 Å². The van der Waals surface area contributed by atoms with E-state index in [2.05, 4.69) is 25.7 Å². The van der Waals surface area contributed by atoms with Gasteiger partial charge in [0.25, 0.3) is 0 Å². The van der Waals surface area contributed by atoms with E-state index in [0.717, 1.165) is 25.6 Å². The van der Waals surface area contributed by atoms with Crippen molar-refractivity contribution in [3.05, 3.63) is 0 Å². The highest BCUT2D eigenvalue weighted by molar-refractivity contribution is 5.91. The Morgan fingerprint density at radius 1 is 1.21 bits per heavy atom. The Morgan fingerprint density at radius 3 is 2.21 bits per heavy atom. The Hall–Kier alpha value is -0.410. The Morgan fingerprint density at radius 2 is 1.84 bits per heavy atom. The molecule has 0 spiro atoms. The van der Waals surface area contributed by atoms with Crippen molar-refractivity contribution in [2.24, 2.45) is 11.8 Å². The highest BCUT2D eigenvalue weighted by Crippen LogP contribution is 2.39. The fraction of sp³-hybridized carbons (Fsp3) is 0.938. The van der Waals surface area contributed by atoms with Gasteiger partial charge in [0.05, 0.1) is 11.5 Å². The highest BCUT2D eigenvalue weighted by atomic mass is 16.5. The van der Waals surface area contributed by atoms with Crippen molar-refractivity contribution in [2.45, 2.75) is 65.1 Å². The summed E-state index contributed by atoms with van der Waals surface area (Å²) in [5, 5.41) is 0. The van der Waals surface area contributed by atoms with Crippen molar-refractivity contribution >= 4 is 5.78 Å². The van der Waals surface area contributed by atoms with Gasteiger partial charge in [-0.1, -0.05) is 13.3 Å². The normalized spacial score (nSPS) is 29.8. The van der Waals surface area contributed by atoms with E-state index >= 15 is 0 Å². The molecule has 0 bridgehead atoms. The molecule has 2 fully saturated rings. The number of rotatable bonds is 5. The van der Waals surface area contributed by atoms with Gasteiger partial charge in [0, 0.05) is 13.1 Å². The first kappa shape index (κ1) is 15.0. The first-order valence-corrected chi connectivity index (χ1v) is 7.73. The van der Waals surface area contributed by atoms with Crippen molar-refractivity contribution in [1.82, 2.24) is 4.90 Å². The second kappa shape index (κ2) is 5.17. The van der Waals surface area contributed by atoms with Gasteiger partial charge in [-0.15, -0.1) is 0 Å². The number of nitrogens with zero attached hydrogens (tertiary/aromatic N) is 1. The van der Waals surface area contributed by atoms with Crippen LogP contribution in [0.25, 0.3) is 0 Å². The van der Waals surface area contributed by atoms with Crippen LogP contribution in [0.1, 0.15) is 53.9 Å². The Kier molecular flexibility index (Phi) is 4.08. The van der Waals surface area contributed by atoms with Gasteiger partial charge in [0.2, 0.25) is 0 Å². The van der Waals surface area contributed by atoms with Gasteiger partial charge in [0.15, 0.2) is 5.78 Å². The standard InChI is InChI=1S/C16H29NO2/c1-6-17(10-12-8-7-9-12)11-13-14(18)16(4,5)19-15(13,2)3/h12-13H,6-11H2,1-5H3. The number of carbonyl (C=O) groups excluding carboxylic acids is 1. The van der Waals surface area contributed by atoms with Crippen molar-refractivity contribution < 1.29 is 9.53 Å². The Labute approximate surface area is 117 Å². The summed E-state index contributed by atoms with van der Waals surface area (Å²) in [4.78, 5) is 15.0. The van der Waals surface area contributed by atoms with E-state index in [1.165, 1.54) is 19.3 Å². The maximum absolute atomic E-state index is 12.5. The fourth-order valence-corrected chi connectivity index (χ4v) is 3.45. The summed E-state index contributed by atoms with van der Waals surface area (Å²) in [6, 6.07) is 0. The van der Waals surface area contributed by atoms with E-state index in [4.69, 9.17) is 4.74 Å². The average Bonchev–Trinajstić information content (AvgIpc) is 2.38. The van der Waals surface area contributed by atoms with E-state index in [1.807, 2.05) is 13.8 Å². The maximum atomic E-state index is 12.5. The molecule has 1 atom stereocenters. The molecule has 3 heteroatoms. The van der Waals surface area contributed by atoms with Crippen LogP contribution in [0, 0.1) is 11.8 Å². The van der Waals surface area contributed by atoms with Crippen molar-refractivity contribution in [3.63, 3.8) is 0 Å². The van der Waals surface area contributed by atoms with Crippen LogP contribution in [-0.2, 0) is 9.53 Å². The van der Waals surface area contributed by atoms with Crippen LogP contribution in [0.4, 0.5) is 0 Å². The molecule has 19 heavy (non-hydrogen) atoms. The number of hydrogen-bond donors (Lipinski definition) is 0. The second-order valence-electron chi connectivity index (χ2n) is 7.28. The molecule has 1 saturated carbocycles. The van der Waals surface area contributed by atoms with E-state index in [1.54, 1.807) is 0 Å². The number of hydrogen-bond acceptors (Lipinski definition) is 3. The molecule has 0 aromatic carbocycles. The number of ether oxygens (including phenoxy) is 1. The van der Waals surface area contributed by atoms with E-state index < -0.39 is 5.60 Å². The molecule has 2 aliphatic rings. The fourth-order valence-electron chi connectivity index (χ4n) is 3.45. The average molecular weight is 267 g/mol. The number of ketones is 1. The van der Waals surface area contributed by atoms with E-state index in [0.29, 0.717) is 0 Å². The van der Waals surface area contributed by atoms with Crippen LogP contribution >= 0.6 is 0 Å². The summed E-state index contributed by atoms with van der Waals surface area (Å²) < 4.78 is 5.98. The topological polar surface area (TPSA) is 29.5 Å². The van der Waals surface area contributed by atoms with Gasteiger partial charge in [-0.25, -0.2) is 0 Å². The molecule has 1 unspecified atom stereocenters. The van der Waals surface area contributed by atoms with Crippen LogP contribution < -0.4 is 0 Å². The highest BCUT2D eigenvalue weighted by Gasteiger charge is 2.53. The molecular weight excluding hydrogens is 238 g/mol. The molecule has 1 heterocycles. The third kappa shape index (κ3) is 3.03. The van der Waals surface area contributed by atoms with Crippen molar-refractivity contribution in [1.29, 1.82) is 0 Å². The van der Waals surface area contributed by atoms with Crippen molar-refractivity contribution in [2.75, 3.05) is 19.6 Å². The maximum Gasteiger partial charge on any atom is 0.171 e. The van der Waals surface area contributed by atoms with Crippen molar-refractivity contribution in [3.8, 4) is 0 Å². The van der Waals surface area contributed by atoms with Gasteiger partial charge in [0.1, 0.15) is 5.60 Å². The van der Waals surface area contributed by atoms with Gasteiger partial charge in [-0.2, -0.15) is 0 Å². The SMILES string of the molecule is CCN(CC1CCC1)CC1C(=O)C(C)(C)OC1(C)C. The zero-order chi connectivity index (χ0) is 14.3. The molecule has 2 rings (SSSR count). The third-order valence-electron chi connectivity index (χ3n) is 4.90. The second-order valence-corrected chi connectivity index (χ2v) is 7.28. The molecule has 0 aromatic rings. The molecule has 0 amide bonds. The van der Waals surface area contributed by atoms with Gasteiger partial charge >= 0.3 is 0 Å². The Bertz CT molecular complexity index is 345. The smallest absolute Gasteiger partial charge is 0.171 e. The zero-order valence-electron chi connectivity index (χ0n) is 13.2. The summed E-state index contributed by atoms with van der Waals surface area (Å²) in [7, 11) is 0. The summed E-state index contributed by atoms with van der Waals surface area (Å²) in [6.07, 6.45) is 4.10. The van der Waals surface area contributed by atoms with Crippen LogP contribution in [0.3, 0.4) is 0 Å². The minimum absolute atomic E-state index is 0.00234. The zero-order valence-corrected chi connectivity index (χ0v) is 13.2. The number of carbonyl (C=O) groups is 1. The minimum atomic E-state index is -0.621. The predicted molar refractivity (Wildman–Crippen MR) is 77.2 cm³/mol. The predicted octanol–water partition coefficient (Wildman–Crippen LogP) is 2.88. The molecule has 1 aliphatic carbocycles. The minimum Gasteiger partial charge on any atom is -0.361 e. The first-order valence-electron chi connectivity index (χ1n) is 7.73. The number of Topliss-reactive ketones (excluding diaryl/α,β-unsaturated/α-hetero) is 1. The summed E-state index contributed by atoms with van der Waals surface area (Å²) in [6.45, 7) is 13.1.